The van der Waals surface area contributed by atoms with Gasteiger partial charge in [0.2, 0.25) is 5.24 Å². The molecule has 1 aliphatic carbocycles. The summed E-state index contributed by atoms with van der Waals surface area (Å²) in [4.78, 5) is 22.2. The number of alkyl halides is 1. The molecule has 0 aliphatic heterocycles. The minimum Gasteiger partial charge on any atom is -0.469 e. The molecular weight excluding hydrogens is 211 g/mol. The fourth-order valence-electron chi connectivity index (χ4n) is 1.80. The maximum absolute atomic E-state index is 13.0. The number of carbonyl (C=O) groups is 2. The second-order valence-corrected chi connectivity index (χ2v) is 3.82. The van der Waals surface area contributed by atoms with Crippen LogP contribution in [-0.4, -0.2) is 24.5 Å². The van der Waals surface area contributed by atoms with Gasteiger partial charge in [-0.25, -0.2) is 4.39 Å². The van der Waals surface area contributed by atoms with Gasteiger partial charge in [0, 0.05) is 5.92 Å². The number of hydrogen-bond donors (Lipinski definition) is 0. The van der Waals surface area contributed by atoms with Gasteiger partial charge in [-0.3, -0.25) is 9.59 Å². The highest BCUT2D eigenvalue weighted by Crippen LogP contribution is 2.34. The second-order valence-electron chi connectivity index (χ2n) is 3.45. The Kier molecular flexibility index (Phi) is 3.86. The molecule has 80 valence electrons. The van der Waals surface area contributed by atoms with Gasteiger partial charge in [0.05, 0.1) is 13.0 Å². The van der Waals surface area contributed by atoms with Crippen molar-refractivity contribution in [3.05, 3.63) is 0 Å². The molecule has 0 aromatic carbocycles. The SMILES string of the molecule is COC(=O)[C@@H]1C[C@@H](F)CC[C@H]1C(=O)Cl. The molecule has 1 rings (SSSR count). The van der Waals surface area contributed by atoms with Gasteiger partial charge >= 0.3 is 5.97 Å². The van der Waals surface area contributed by atoms with Crippen LogP contribution in [0.15, 0.2) is 0 Å². The minimum atomic E-state index is -1.04. The number of rotatable bonds is 2. The number of halogens is 2. The van der Waals surface area contributed by atoms with Gasteiger partial charge in [0.15, 0.2) is 0 Å². The van der Waals surface area contributed by atoms with Gasteiger partial charge in [-0.2, -0.15) is 0 Å². The molecule has 0 aromatic rings. The van der Waals surface area contributed by atoms with Crippen LogP contribution in [-0.2, 0) is 14.3 Å². The standard InChI is InChI=1S/C9H12ClFO3/c1-14-9(13)7-4-5(11)2-3-6(7)8(10)12/h5-7H,2-4H2,1H3/t5-,6+,7+/m0/s1. The number of methoxy groups -OCH3 is 1. The van der Waals surface area contributed by atoms with E-state index in [-0.39, 0.29) is 12.8 Å². The molecule has 14 heavy (non-hydrogen) atoms. The van der Waals surface area contributed by atoms with Gasteiger partial charge in [0.1, 0.15) is 6.17 Å². The first-order chi connectivity index (χ1) is 6.56. The van der Waals surface area contributed by atoms with E-state index < -0.39 is 29.2 Å². The Labute approximate surface area is 86.6 Å². The molecular formula is C9H12ClFO3. The third kappa shape index (κ3) is 2.44. The zero-order valence-electron chi connectivity index (χ0n) is 7.83. The van der Waals surface area contributed by atoms with E-state index in [4.69, 9.17) is 11.6 Å². The van der Waals surface area contributed by atoms with Crippen LogP contribution in [0.5, 0.6) is 0 Å². The summed E-state index contributed by atoms with van der Waals surface area (Å²) >= 11 is 5.33. The van der Waals surface area contributed by atoms with Gasteiger partial charge in [-0.05, 0) is 30.9 Å². The number of esters is 1. The maximum Gasteiger partial charge on any atom is 0.309 e. The highest BCUT2D eigenvalue weighted by atomic mass is 35.5. The number of hydrogen-bond acceptors (Lipinski definition) is 3. The average molecular weight is 223 g/mol. The van der Waals surface area contributed by atoms with E-state index in [9.17, 15) is 14.0 Å². The van der Waals surface area contributed by atoms with Crippen molar-refractivity contribution < 1.29 is 18.7 Å². The molecule has 0 bridgehead atoms. The van der Waals surface area contributed by atoms with Crippen molar-refractivity contribution in [2.24, 2.45) is 11.8 Å². The van der Waals surface area contributed by atoms with Crippen LogP contribution in [0.4, 0.5) is 4.39 Å². The molecule has 0 amide bonds. The predicted octanol–water partition coefficient (Wildman–Crippen LogP) is 1.68. The Balaban J connectivity index is 2.73. The predicted molar refractivity (Wildman–Crippen MR) is 48.6 cm³/mol. The van der Waals surface area contributed by atoms with Crippen LogP contribution in [0, 0.1) is 11.8 Å². The van der Waals surface area contributed by atoms with Crippen molar-refractivity contribution in [3.8, 4) is 0 Å². The smallest absolute Gasteiger partial charge is 0.309 e. The van der Waals surface area contributed by atoms with Crippen molar-refractivity contribution in [2.75, 3.05) is 7.11 Å². The van der Waals surface area contributed by atoms with Crippen molar-refractivity contribution in [1.82, 2.24) is 0 Å². The summed E-state index contributed by atoms with van der Waals surface area (Å²) < 4.78 is 17.5. The third-order valence-electron chi connectivity index (χ3n) is 2.58. The van der Waals surface area contributed by atoms with Gasteiger partial charge in [-0.1, -0.05) is 0 Å². The van der Waals surface area contributed by atoms with E-state index in [1.54, 1.807) is 0 Å². The number of ether oxygens (including phenoxy) is 1. The average Bonchev–Trinajstić information content (AvgIpc) is 2.16. The van der Waals surface area contributed by atoms with Gasteiger partial charge in [-0.15, -0.1) is 0 Å². The summed E-state index contributed by atoms with van der Waals surface area (Å²) in [5, 5.41) is -0.577. The van der Waals surface area contributed by atoms with Crippen molar-refractivity contribution in [3.63, 3.8) is 0 Å². The fraction of sp³-hybridized carbons (Fsp3) is 0.778. The highest BCUT2D eigenvalue weighted by Gasteiger charge is 2.39. The maximum atomic E-state index is 13.0. The largest absolute Gasteiger partial charge is 0.469 e. The molecule has 3 nitrogen and oxygen atoms in total. The summed E-state index contributed by atoms with van der Waals surface area (Å²) in [6.45, 7) is 0. The lowest BCUT2D eigenvalue weighted by atomic mass is 9.79. The first-order valence-electron chi connectivity index (χ1n) is 4.47. The zero-order valence-corrected chi connectivity index (χ0v) is 8.59. The van der Waals surface area contributed by atoms with Crippen molar-refractivity contribution in [1.29, 1.82) is 0 Å². The summed E-state index contributed by atoms with van der Waals surface area (Å²) in [5.74, 6) is -1.85. The molecule has 0 aromatic heterocycles. The summed E-state index contributed by atoms with van der Waals surface area (Å²) in [6, 6.07) is 0. The van der Waals surface area contributed by atoms with Gasteiger partial charge < -0.3 is 4.74 Å². The first-order valence-corrected chi connectivity index (χ1v) is 4.85. The fourth-order valence-corrected chi connectivity index (χ4v) is 2.06. The third-order valence-corrected chi connectivity index (χ3v) is 2.86. The Morgan fingerprint density at radius 3 is 2.50 bits per heavy atom. The molecule has 1 saturated carbocycles. The van der Waals surface area contributed by atoms with Crippen LogP contribution in [0.1, 0.15) is 19.3 Å². The molecule has 0 N–H and O–H groups in total. The van der Waals surface area contributed by atoms with Gasteiger partial charge in [0.25, 0.3) is 0 Å². The Morgan fingerprint density at radius 1 is 1.36 bits per heavy atom. The quantitative estimate of drug-likeness (QED) is 0.527. The van der Waals surface area contributed by atoms with E-state index in [0.29, 0.717) is 6.42 Å². The molecule has 0 unspecified atom stereocenters. The van der Waals surface area contributed by atoms with E-state index in [1.165, 1.54) is 7.11 Å². The van der Waals surface area contributed by atoms with Crippen molar-refractivity contribution >= 4 is 22.8 Å². The highest BCUT2D eigenvalue weighted by molar-refractivity contribution is 6.64. The Bertz CT molecular complexity index is 244. The van der Waals surface area contributed by atoms with Crippen LogP contribution in [0.25, 0.3) is 0 Å². The number of carbonyl (C=O) groups excluding carboxylic acids is 2. The van der Waals surface area contributed by atoms with E-state index >= 15 is 0 Å². The summed E-state index contributed by atoms with van der Waals surface area (Å²) in [5.41, 5.74) is 0. The molecule has 5 heteroatoms. The molecule has 0 heterocycles. The van der Waals surface area contributed by atoms with Crippen LogP contribution in [0.3, 0.4) is 0 Å². The van der Waals surface area contributed by atoms with E-state index in [2.05, 4.69) is 4.74 Å². The van der Waals surface area contributed by atoms with E-state index in [1.807, 2.05) is 0 Å². The minimum absolute atomic E-state index is 0.0375. The second kappa shape index (κ2) is 4.73. The molecule has 0 radical (unpaired) electrons. The molecule has 1 fully saturated rings. The Morgan fingerprint density at radius 2 is 2.00 bits per heavy atom. The topological polar surface area (TPSA) is 43.4 Å². The zero-order chi connectivity index (χ0) is 10.7. The monoisotopic (exact) mass is 222 g/mol. The molecule has 1 aliphatic rings. The summed E-state index contributed by atoms with van der Waals surface area (Å²) in [6.07, 6.45) is -0.387. The Hall–Kier alpha value is -0.640. The van der Waals surface area contributed by atoms with Crippen LogP contribution in [0.2, 0.25) is 0 Å². The van der Waals surface area contributed by atoms with Crippen LogP contribution < -0.4 is 0 Å². The molecule has 0 spiro atoms. The summed E-state index contributed by atoms with van der Waals surface area (Å²) in [7, 11) is 1.22. The lowest BCUT2D eigenvalue weighted by molar-refractivity contribution is -0.151. The normalized spacial score (nSPS) is 32.4. The van der Waals surface area contributed by atoms with Crippen molar-refractivity contribution in [2.45, 2.75) is 25.4 Å². The first kappa shape index (κ1) is 11.4. The lowest BCUT2D eigenvalue weighted by Crippen LogP contribution is -2.35. The lowest BCUT2D eigenvalue weighted by Gasteiger charge is -2.28. The molecule has 0 saturated heterocycles. The van der Waals surface area contributed by atoms with E-state index in [0.717, 1.165) is 0 Å². The van der Waals surface area contributed by atoms with Crippen LogP contribution >= 0.6 is 11.6 Å². The molecule has 3 atom stereocenters.